The number of nitrogens with one attached hydrogen (secondary N) is 2. The van der Waals surface area contributed by atoms with E-state index in [1.807, 2.05) is 19.1 Å². The number of hydrogen-bond acceptors (Lipinski definition) is 3. The smallest absolute Gasteiger partial charge is 0.210 e. The topological polar surface area (TPSA) is 71.7 Å². The molecule has 0 bridgehead atoms. The third-order valence-corrected chi connectivity index (χ3v) is 2.88. The van der Waals surface area contributed by atoms with Gasteiger partial charge in [0, 0.05) is 11.6 Å². The number of rotatable bonds is 4. The molecule has 0 saturated heterocycles. The molecule has 18 heavy (non-hydrogen) atoms. The van der Waals surface area contributed by atoms with E-state index in [2.05, 4.69) is 31.7 Å². The number of anilines is 1. The molecule has 1 rings (SSSR count). The summed E-state index contributed by atoms with van der Waals surface area (Å²) < 4.78 is 5.91. The largest absolute Gasteiger partial charge is 0.382 e. The van der Waals surface area contributed by atoms with Crippen molar-refractivity contribution >= 4 is 39.2 Å². The Morgan fingerprint density at radius 1 is 1.61 bits per heavy atom. The lowest BCUT2D eigenvalue weighted by Gasteiger charge is -2.13. The summed E-state index contributed by atoms with van der Waals surface area (Å²) in [5.74, 6) is 5.84. The van der Waals surface area contributed by atoms with Crippen molar-refractivity contribution in [2.24, 2.45) is 10.8 Å². The first-order chi connectivity index (χ1) is 8.56. The molecule has 1 aromatic rings. The molecule has 0 heterocycles. The van der Waals surface area contributed by atoms with E-state index < -0.39 is 0 Å². The second-order valence-corrected chi connectivity index (χ2v) is 5.00. The van der Waals surface area contributed by atoms with Crippen LogP contribution in [0.25, 0.3) is 0 Å². The number of benzene rings is 1. The Balaban J connectivity index is 2.79. The first-order valence-electron chi connectivity index (χ1n) is 5.32. The van der Waals surface area contributed by atoms with E-state index >= 15 is 0 Å². The van der Waals surface area contributed by atoms with Crippen molar-refractivity contribution in [3.8, 4) is 0 Å². The number of ether oxygens (including phenoxy) is 1. The Kier molecular flexibility index (Phi) is 6.42. The van der Waals surface area contributed by atoms with Crippen molar-refractivity contribution in [2.75, 3.05) is 19.0 Å². The molecule has 1 atom stereocenters. The van der Waals surface area contributed by atoms with Crippen molar-refractivity contribution in [2.45, 2.75) is 13.0 Å². The van der Waals surface area contributed by atoms with Gasteiger partial charge in [0.1, 0.15) is 0 Å². The first-order valence-corrected chi connectivity index (χ1v) is 6.49. The number of halogens is 2. The van der Waals surface area contributed by atoms with Gasteiger partial charge >= 0.3 is 0 Å². The molecule has 5 nitrogen and oxygen atoms in total. The van der Waals surface area contributed by atoms with Gasteiger partial charge in [-0.25, -0.2) is 10.8 Å². The fourth-order valence-electron chi connectivity index (χ4n) is 1.32. The van der Waals surface area contributed by atoms with Crippen LogP contribution in [0.4, 0.5) is 5.69 Å². The third-order valence-electron chi connectivity index (χ3n) is 2.08. The van der Waals surface area contributed by atoms with Gasteiger partial charge in [0.2, 0.25) is 5.96 Å². The molecule has 0 amide bonds. The van der Waals surface area contributed by atoms with E-state index in [1.165, 1.54) is 0 Å². The minimum absolute atomic E-state index is 0.0113. The SMILES string of the molecule is COCC(C)N=C(NN)Nc1ccc(Br)cc1Cl. The first kappa shape index (κ1) is 15.2. The van der Waals surface area contributed by atoms with Gasteiger partial charge in [-0.3, -0.25) is 5.43 Å². The van der Waals surface area contributed by atoms with Crippen LogP contribution >= 0.6 is 27.5 Å². The van der Waals surface area contributed by atoms with Crippen LogP contribution in [0.1, 0.15) is 6.92 Å². The van der Waals surface area contributed by atoms with Gasteiger partial charge in [0.15, 0.2) is 0 Å². The lowest BCUT2D eigenvalue weighted by atomic mass is 10.3. The van der Waals surface area contributed by atoms with Crippen molar-refractivity contribution in [3.63, 3.8) is 0 Å². The molecule has 1 aromatic carbocycles. The number of nitrogens with zero attached hydrogens (tertiary/aromatic N) is 1. The van der Waals surface area contributed by atoms with Crippen LogP contribution in [-0.2, 0) is 4.74 Å². The fraction of sp³-hybridized carbons (Fsp3) is 0.364. The molecule has 0 saturated carbocycles. The van der Waals surface area contributed by atoms with E-state index in [4.69, 9.17) is 22.2 Å². The average Bonchev–Trinajstić information content (AvgIpc) is 2.31. The zero-order valence-corrected chi connectivity index (χ0v) is 12.5. The summed E-state index contributed by atoms with van der Waals surface area (Å²) in [5.41, 5.74) is 3.22. The second-order valence-electron chi connectivity index (χ2n) is 3.68. The van der Waals surface area contributed by atoms with Gasteiger partial charge < -0.3 is 10.1 Å². The predicted octanol–water partition coefficient (Wildman–Crippen LogP) is 2.37. The molecule has 4 N–H and O–H groups in total. The monoisotopic (exact) mass is 334 g/mol. The van der Waals surface area contributed by atoms with E-state index in [0.29, 0.717) is 17.6 Å². The maximum atomic E-state index is 6.09. The highest BCUT2D eigenvalue weighted by molar-refractivity contribution is 9.10. The van der Waals surface area contributed by atoms with Gasteiger partial charge in [-0.15, -0.1) is 0 Å². The maximum Gasteiger partial charge on any atom is 0.210 e. The Bertz CT molecular complexity index is 428. The zero-order chi connectivity index (χ0) is 13.5. The third kappa shape index (κ3) is 4.81. The van der Waals surface area contributed by atoms with Crippen LogP contribution in [0, 0.1) is 0 Å². The van der Waals surface area contributed by atoms with Crippen molar-refractivity contribution in [1.82, 2.24) is 5.43 Å². The number of methoxy groups -OCH3 is 1. The molecule has 0 aliphatic heterocycles. The van der Waals surface area contributed by atoms with Crippen LogP contribution in [0.5, 0.6) is 0 Å². The van der Waals surface area contributed by atoms with Gasteiger partial charge in [0.05, 0.1) is 23.4 Å². The number of nitrogens with two attached hydrogens (primary N) is 1. The fourth-order valence-corrected chi connectivity index (χ4v) is 2.04. The molecule has 0 aromatic heterocycles. The summed E-state index contributed by atoms with van der Waals surface area (Å²) in [5, 5.41) is 3.59. The van der Waals surface area contributed by atoms with Crippen LogP contribution in [0.2, 0.25) is 5.02 Å². The van der Waals surface area contributed by atoms with E-state index in [1.54, 1.807) is 13.2 Å². The molecular weight excluding hydrogens is 320 g/mol. The van der Waals surface area contributed by atoms with Crippen LogP contribution < -0.4 is 16.6 Å². The quantitative estimate of drug-likeness (QED) is 0.342. The Morgan fingerprint density at radius 2 is 2.33 bits per heavy atom. The Hall–Kier alpha value is -0.820. The maximum absolute atomic E-state index is 6.09. The Labute approximate surface area is 120 Å². The van der Waals surface area contributed by atoms with Gasteiger partial charge in [-0.2, -0.15) is 0 Å². The van der Waals surface area contributed by atoms with E-state index in [9.17, 15) is 0 Å². The van der Waals surface area contributed by atoms with Gasteiger partial charge in [-0.1, -0.05) is 27.5 Å². The summed E-state index contributed by atoms with van der Waals surface area (Å²) in [6, 6.07) is 5.49. The average molecular weight is 336 g/mol. The molecule has 7 heteroatoms. The number of hydrogen-bond donors (Lipinski definition) is 3. The highest BCUT2D eigenvalue weighted by Gasteiger charge is 2.05. The minimum atomic E-state index is -0.0113. The lowest BCUT2D eigenvalue weighted by Crippen LogP contribution is -2.37. The van der Waals surface area contributed by atoms with Crippen LogP contribution in [0.15, 0.2) is 27.7 Å². The summed E-state index contributed by atoms with van der Waals surface area (Å²) in [7, 11) is 1.63. The van der Waals surface area contributed by atoms with Gasteiger partial charge in [-0.05, 0) is 25.1 Å². The normalized spacial score (nSPS) is 13.3. The standard InChI is InChI=1S/C11H16BrClN4O/c1-7(6-18-2)15-11(17-14)16-10-4-3-8(12)5-9(10)13/h3-5,7H,6,14H2,1-2H3,(H2,15,16,17). The predicted molar refractivity (Wildman–Crippen MR) is 78.9 cm³/mol. The summed E-state index contributed by atoms with van der Waals surface area (Å²) >= 11 is 9.43. The molecule has 0 aliphatic carbocycles. The molecule has 0 radical (unpaired) electrons. The second kappa shape index (κ2) is 7.58. The van der Waals surface area contributed by atoms with E-state index in [0.717, 1.165) is 10.2 Å². The van der Waals surface area contributed by atoms with Gasteiger partial charge in [0.25, 0.3) is 0 Å². The van der Waals surface area contributed by atoms with Crippen LogP contribution in [-0.4, -0.2) is 25.7 Å². The van der Waals surface area contributed by atoms with Crippen LogP contribution in [0.3, 0.4) is 0 Å². The van der Waals surface area contributed by atoms with Crippen molar-refractivity contribution in [1.29, 1.82) is 0 Å². The summed E-state index contributed by atoms with van der Waals surface area (Å²) in [6.45, 7) is 2.44. The highest BCUT2D eigenvalue weighted by Crippen LogP contribution is 2.25. The molecule has 0 fully saturated rings. The van der Waals surface area contributed by atoms with Crippen molar-refractivity contribution in [3.05, 3.63) is 27.7 Å². The summed E-state index contributed by atoms with van der Waals surface area (Å²) in [6.07, 6.45) is 0. The molecular formula is C11H16BrClN4O. The number of guanidine groups is 1. The Morgan fingerprint density at radius 3 is 2.89 bits per heavy atom. The molecule has 0 spiro atoms. The molecule has 0 aliphatic rings. The summed E-state index contributed by atoms with van der Waals surface area (Å²) in [4.78, 5) is 4.32. The highest BCUT2D eigenvalue weighted by atomic mass is 79.9. The molecule has 1 unspecified atom stereocenters. The zero-order valence-electron chi connectivity index (χ0n) is 10.2. The van der Waals surface area contributed by atoms with E-state index in [-0.39, 0.29) is 6.04 Å². The lowest BCUT2D eigenvalue weighted by molar-refractivity contribution is 0.185. The number of aliphatic imine (C=N–C) groups is 1. The molecule has 100 valence electrons. The minimum Gasteiger partial charge on any atom is -0.382 e. The van der Waals surface area contributed by atoms with Crippen molar-refractivity contribution < 1.29 is 4.74 Å². The number of hydrazine groups is 1.